The van der Waals surface area contributed by atoms with Crippen LogP contribution in [-0.4, -0.2) is 20.9 Å². The van der Waals surface area contributed by atoms with Crippen LogP contribution < -0.4 is 11.1 Å². The van der Waals surface area contributed by atoms with Crippen LogP contribution in [-0.2, 0) is 4.79 Å². The minimum Gasteiger partial charge on any atom is -0.480 e. The van der Waals surface area contributed by atoms with E-state index in [-0.39, 0.29) is 0 Å². The molecule has 2 N–H and O–H groups in total. The van der Waals surface area contributed by atoms with Gasteiger partial charge in [0.1, 0.15) is 6.04 Å². The topological polar surface area (TPSA) is 92.2 Å². The molecular formula is C7H8N2O4. The Balaban J connectivity index is 3.29. The lowest BCUT2D eigenvalue weighted by Gasteiger charge is -2.08. The largest absolute Gasteiger partial charge is 0.480 e. The fourth-order valence-corrected chi connectivity index (χ4v) is 0.836. The van der Waals surface area contributed by atoms with Crippen LogP contribution in [0.5, 0.6) is 0 Å². The summed E-state index contributed by atoms with van der Waals surface area (Å²) in [5, 5.41) is 10.7. The molecule has 0 fully saturated rings. The van der Waals surface area contributed by atoms with Gasteiger partial charge >= 0.3 is 5.97 Å². The van der Waals surface area contributed by atoms with Crippen LogP contribution in [0, 0.1) is 0 Å². The van der Waals surface area contributed by atoms with Crippen molar-refractivity contribution in [3.63, 3.8) is 0 Å². The zero-order valence-corrected chi connectivity index (χ0v) is 6.85. The number of aromatic amines is 1. The number of H-pyrrole nitrogens is 1. The highest BCUT2D eigenvalue weighted by Crippen LogP contribution is 1.96. The van der Waals surface area contributed by atoms with Crippen molar-refractivity contribution in [3.05, 3.63) is 32.8 Å². The normalized spacial score (nSPS) is 12.4. The van der Waals surface area contributed by atoms with Crippen molar-refractivity contribution in [1.82, 2.24) is 9.78 Å². The summed E-state index contributed by atoms with van der Waals surface area (Å²) >= 11 is 0. The number of rotatable bonds is 2. The van der Waals surface area contributed by atoms with Gasteiger partial charge in [0.2, 0.25) is 0 Å². The van der Waals surface area contributed by atoms with E-state index in [0.717, 1.165) is 16.8 Å². The third-order valence-corrected chi connectivity index (χ3v) is 1.59. The molecule has 0 aromatic carbocycles. The Morgan fingerprint density at radius 2 is 2.15 bits per heavy atom. The molecule has 0 radical (unpaired) electrons. The molecule has 1 aromatic heterocycles. The Hall–Kier alpha value is -1.85. The maximum atomic E-state index is 11.0. The molecule has 0 amide bonds. The first-order valence-electron chi connectivity index (χ1n) is 3.57. The fraction of sp³-hybridized carbons (Fsp3) is 0.286. The summed E-state index contributed by atoms with van der Waals surface area (Å²) in [7, 11) is 0. The molecule has 0 bridgehead atoms. The molecule has 0 spiro atoms. The molecule has 6 nitrogen and oxygen atoms in total. The minimum atomic E-state index is -1.18. The summed E-state index contributed by atoms with van der Waals surface area (Å²) < 4.78 is 0.769. The van der Waals surface area contributed by atoms with E-state index in [4.69, 9.17) is 5.11 Å². The van der Waals surface area contributed by atoms with Gasteiger partial charge in [-0.05, 0) is 6.92 Å². The molecule has 0 saturated heterocycles. The van der Waals surface area contributed by atoms with Crippen molar-refractivity contribution in [2.24, 2.45) is 0 Å². The molecule has 1 aromatic rings. The first-order chi connectivity index (χ1) is 6.02. The van der Waals surface area contributed by atoms with Crippen LogP contribution in [0.4, 0.5) is 0 Å². The lowest BCUT2D eigenvalue weighted by Crippen LogP contribution is -2.33. The monoisotopic (exact) mass is 184 g/mol. The van der Waals surface area contributed by atoms with Gasteiger partial charge in [-0.2, -0.15) is 0 Å². The summed E-state index contributed by atoms with van der Waals surface area (Å²) in [5.74, 6) is -1.18. The number of aromatic nitrogens is 2. The van der Waals surface area contributed by atoms with Gasteiger partial charge in [-0.1, -0.05) is 0 Å². The SMILES string of the molecule is CC(C(=O)O)n1[nH]c(=O)ccc1=O. The van der Waals surface area contributed by atoms with Crippen LogP contribution in [0.3, 0.4) is 0 Å². The van der Waals surface area contributed by atoms with E-state index < -0.39 is 23.1 Å². The highest BCUT2D eigenvalue weighted by atomic mass is 16.4. The Labute approximate surface area is 72.4 Å². The smallest absolute Gasteiger partial charge is 0.328 e. The molecule has 0 aliphatic carbocycles. The maximum absolute atomic E-state index is 11.0. The summed E-state index contributed by atoms with van der Waals surface area (Å²) in [6.07, 6.45) is 0. The molecule has 1 heterocycles. The molecule has 1 atom stereocenters. The molecule has 1 unspecified atom stereocenters. The van der Waals surface area contributed by atoms with E-state index in [1.807, 2.05) is 0 Å². The second-order valence-electron chi connectivity index (χ2n) is 2.53. The van der Waals surface area contributed by atoms with Crippen molar-refractivity contribution in [1.29, 1.82) is 0 Å². The van der Waals surface area contributed by atoms with Gasteiger partial charge in [-0.25, -0.2) is 9.48 Å². The number of hydrogen-bond acceptors (Lipinski definition) is 3. The quantitative estimate of drug-likeness (QED) is 0.628. The molecule has 0 saturated carbocycles. The number of carboxylic acids is 1. The first-order valence-corrected chi connectivity index (χ1v) is 3.57. The van der Waals surface area contributed by atoms with E-state index in [0.29, 0.717) is 0 Å². The van der Waals surface area contributed by atoms with Gasteiger partial charge < -0.3 is 5.11 Å². The third-order valence-electron chi connectivity index (χ3n) is 1.59. The van der Waals surface area contributed by atoms with E-state index in [1.165, 1.54) is 6.92 Å². The van der Waals surface area contributed by atoms with E-state index in [2.05, 4.69) is 5.10 Å². The summed E-state index contributed by atoms with van der Waals surface area (Å²) in [6, 6.07) is 1.01. The van der Waals surface area contributed by atoms with Crippen molar-refractivity contribution in [3.8, 4) is 0 Å². The first kappa shape index (κ1) is 9.24. The molecule has 70 valence electrons. The highest BCUT2D eigenvalue weighted by molar-refractivity contribution is 5.71. The lowest BCUT2D eigenvalue weighted by atomic mass is 10.3. The van der Waals surface area contributed by atoms with E-state index >= 15 is 0 Å². The molecule has 13 heavy (non-hydrogen) atoms. The average Bonchev–Trinajstić information content (AvgIpc) is 2.08. The second kappa shape index (κ2) is 3.26. The predicted octanol–water partition coefficient (Wildman–Crippen LogP) is -0.818. The lowest BCUT2D eigenvalue weighted by molar-refractivity contribution is -0.140. The standard InChI is InChI=1S/C7H8N2O4/c1-4(7(12)13)9-6(11)3-2-5(10)8-9/h2-4H,1H3,(H,8,10)(H,12,13). The zero-order valence-electron chi connectivity index (χ0n) is 6.85. The van der Waals surface area contributed by atoms with Gasteiger partial charge in [0, 0.05) is 12.1 Å². The van der Waals surface area contributed by atoms with Gasteiger partial charge in [-0.3, -0.25) is 14.7 Å². The van der Waals surface area contributed by atoms with E-state index in [9.17, 15) is 14.4 Å². The number of aliphatic carboxylic acids is 1. The summed E-state index contributed by atoms with van der Waals surface area (Å²) in [6.45, 7) is 1.31. The average molecular weight is 184 g/mol. The van der Waals surface area contributed by atoms with Crippen LogP contribution >= 0.6 is 0 Å². The van der Waals surface area contributed by atoms with Gasteiger partial charge in [0.05, 0.1) is 0 Å². The van der Waals surface area contributed by atoms with Crippen LogP contribution in [0.1, 0.15) is 13.0 Å². The fourth-order valence-electron chi connectivity index (χ4n) is 0.836. The second-order valence-corrected chi connectivity index (χ2v) is 2.53. The van der Waals surface area contributed by atoms with Crippen LogP contribution in [0.2, 0.25) is 0 Å². The number of nitrogens with zero attached hydrogens (tertiary/aromatic N) is 1. The number of nitrogens with one attached hydrogen (secondary N) is 1. The van der Waals surface area contributed by atoms with E-state index in [1.54, 1.807) is 0 Å². The molecular weight excluding hydrogens is 176 g/mol. The number of hydrogen-bond donors (Lipinski definition) is 2. The number of carbonyl (C=O) groups is 1. The predicted molar refractivity (Wildman–Crippen MR) is 43.7 cm³/mol. The van der Waals surface area contributed by atoms with Crippen molar-refractivity contribution in [2.45, 2.75) is 13.0 Å². The molecule has 0 aliphatic rings. The van der Waals surface area contributed by atoms with Gasteiger partial charge in [0.25, 0.3) is 11.1 Å². The van der Waals surface area contributed by atoms with Gasteiger partial charge in [0.15, 0.2) is 0 Å². The molecule has 1 rings (SSSR count). The zero-order chi connectivity index (χ0) is 10.0. The van der Waals surface area contributed by atoms with Crippen molar-refractivity contribution >= 4 is 5.97 Å². The molecule has 6 heteroatoms. The Bertz CT molecular complexity index is 431. The van der Waals surface area contributed by atoms with Crippen LogP contribution in [0.15, 0.2) is 21.7 Å². The van der Waals surface area contributed by atoms with Crippen LogP contribution in [0.25, 0.3) is 0 Å². The maximum Gasteiger partial charge on any atom is 0.328 e. The third kappa shape index (κ3) is 1.84. The summed E-state index contributed by atoms with van der Waals surface area (Å²) in [5.41, 5.74) is -1.05. The minimum absolute atomic E-state index is 0.507. The van der Waals surface area contributed by atoms with Crippen molar-refractivity contribution < 1.29 is 9.90 Å². The molecule has 0 aliphatic heterocycles. The Kier molecular flexibility index (Phi) is 2.32. The van der Waals surface area contributed by atoms with Gasteiger partial charge in [-0.15, -0.1) is 0 Å². The Morgan fingerprint density at radius 1 is 1.54 bits per heavy atom. The number of carboxylic acid groups (broad SMARTS) is 1. The Morgan fingerprint density at radius 3 is 2.69 bits per heavy atom. The summed E-state index contributed by atoms with van der Waals surface area (Å²) in [4.78, 5) is 32.3. The van der Waals surface area contributed by atoms with Crippen molar-refractivity contribution in [2.75, 3.05) is 0 Å². The highest BCUT2D eigenvalue weighted by Gasteiger charge is 2.14.